The van der Waals surface area contributed by atoms with Crippen LogP contribution in [0.15, 0.2) is 36.4 Å². The van der Waals surface area contributed by atoms with Gasteiger partial charge in [0.2, 0.25) is 0 Å². The smallest absolute Gasteiger partial charge is 0.162 e. The number of benzene rings is 2. The fraction of sp³-hybridized carbons (Fsp3) is 0.176. The molecule has 0 saturated heterocycles. The molecule has 1 heterocycles. The highest BCUT2D eigenvalue weighted by atomic mass is 35.5. The summed E-state index contributed by atoms with van der Waals surface area (Å²) in [4.78, 5) is 9.38. The van der Waals surface area contributed by atoms with E-state index in [1.54, 1.807) is 0 Å². The van der Waals surface area contributed by atoms with E-state index in [0.29, 0.717) is 5.02 Å². The molecule has 0 atom stereocenters. The van der Waals surface area contributed by atoms with Gasteiger partial charge in [0.15, 0.2) is 5.82 Å². The summed E-state index contributed by atoms with van der Waals surface area (Å²) < 4.78 is 0. The van der Waals surface area contributed by atoms with Gasteiger partial charge in [-0.2, -0.15) is 0 Å². The molecule has 0 amide bonds. The van der Waals surface area contributed by atoms with Crippen LogP contribution < -0.4 is 5.32 Å². The van der Waals surface area contributed by atoms with Crippen LogP contribution >= 0.6 is 11.6 Å². The van der Waals surface area contributed by atoms with Crippen LogP contribution in [0.1, 0.15) is 11.1 Å². The topological polar surface area (TPSA) is 37.8 Å². The zero-order valence-electron chi connectivity index (χ0n) is 12.2. The minimum Gasteiger partial charge on any atom is -0.373 e. The molecule has 0 unspecified atom stereocenters. The summed E-state index contributed by atoms with van der Waals surface area (Å²) in [5, 5.41) is 4.79. The van der Waals surface area contributed by atoms with Crippen LogP contribution in [0.5, 0.6) is 0 Å². The van der Waals surface area contributed by atoms with Gasteiger partial charge in [-0.25, -0.2) is 9.97 Å². The van der Waals surface area contributed by atoms with Crippen molar-refractivity contribution < 1.29 is 0 Å². The van der Waals surface area contributed by atoms with Gasteiger partial charge in [0, 0.05) is 23.0 Å². The Bertz CT molecular complexity index is 807. The lowest BCUT2D eigenvalue weighted by molar-refractivity contribution is 1.19. The van der Waals surface area contributed by atoms with Crippen molar-refractivity contribution in [2.24, 2.45) is 0 Å². The van der Waals surface area contributed by atoms with Crippen molar-refractivity contribution in [2.45, 2.75) is 13.8 Å². The number of nitrogens with one attached hydrogen (secondary N) is 1. The largest absolute Gasteiger partial charge is 0.373 e. The molecular formula is C17H16ClN3. The molecule has 21 heavy (non-hydrogen) atoms. The number of nitrogens with zero attached hydrogens (tertiary/aromatic N) is 2. The number of aromatic nitrogens is 2. The van der Waals surface area contributed by atoms with Gasteiger partial charge < -0.3 is 5.32 Å². The lowest BCUT2D eigenvalue weighted by atomic mass is 10.0. The van der Waals surface area contributed by atoms with Crippen molar-refractivity contribution in [3.05, 3.63) is 52.5 Å². The Morgan fingerprint density at radius 2 is 1.71 bits per heavy atom. The van der Waals surface area contributed by atoms with Crippen molar-refractivity contribution in [3.63, 3.8) is 0 Å². The second-order valence-corrected chi connectivity index (χ2v) is 5.51. The number of hydrogen-bond acceptors (Lipinski definition) is 3. The summed E-state index contributed by atoms with van der Waals surface area (Å²) in [6, 6.07) is 11.9. The van der Waals surface area contributed by atoms with Crippen molar-refractivity contribution in [1.82, 2.24) is 9.97 Å². The number of hydrogen-bond donors (Lipinski definition) is 1. The minimum absolute atomic E-state index is 0.677. The monoisotopic (exact) mass is 297 g/mol. The van der Waals surface area contributed by atoms with E-state index in [0.717, 1.165) is 28.1 Å². The molecular weight excluding hydrogens is 282 g/mol. The number of aryl methyl sites for hydroxylation is 2. The molecule has 3 aromatic rings. The van der Waals surface area contributed by atoms with E-state index in [4.69, 9.17) is 16.6 Å². The average molecular weight is 298 g/mol. The molecule has 0 aliphatic heterocycles. The van der Waals surface area contributed by atoms with Gasteiger partial charge in [0.25, 0.3) is 0 Å². The van der Waals surface area contributed by atoms with E-state index < -0.39 is 0 Å². The Balaban J connectivity index is 2.33. The molecule has 106 valence electrons. The summed E-state index contributed by atoms with van der Waals surface area (Å²) in [7, 11) is 1.87. The molecule has 0 radical (unpaired) electrons. The Morgan fingerprint density at radius 1 is 1.00 bits per heavy atom. The highest BCUT2D eigenvalue weighted by Crippen LogP contribution is 2.29. The third kappa shape index (κ3) is 2.45. The molecule has 0 fully saturated rings. The first kappa shape index (κ1) is 13.8. The first-order valence-corrected chi connectivity index (χ1v) is 7.19. The molecule has 3 nitrogen and oxygen atoms in total. The van der Waals surface area contributed by atoms with Crippen LogP contribution in [0.3, 0.4) is 0 Å². The zero-order valence-corrected chi connectivity index (χ0v) is 13.0. The number of halogens is 1. The van der Waals surface area contributed by atoms with Gasteiger partial charge in [0.05, 0.1) is 5.52 Å². The molecule has 3 rings (SSSR count). The predicted molar refractivity (Wildman–Crippen MR) is 89.0 cm³/mol. The number of anilines is 1. The maximum Gasteiger partial charge on any atom is 0.162 e. The summed E-state index contributed by atoms with van der Waals surface area (Å²) in [5.41, 5.74) is 4.26. The van der Waals surface area contributed by atoms with E-state index in [-0.39, 0.29) is 0 Å². The summed E-state index contributed by atoms with van der Waals surface area (Å²) >= 11 is 6.09. The van der Waals surface area contributed by atoms with Crippen LogP contribution in [-0.4, -0.2) is 17.0 Å². The molecule has 1 N–H and O–H groups in total. The Hall–Kier alpha value is -2.13. The molecule has 0 bridgehead atoms. The lowest BCUT2D eigenvalue weighted by Crippen LogP contribution is -2.00. The molecule has 4 heteroatoms. The van der Waals surface area contributed by atoms with E-state index in [2.05, 4.69) is 36.3 Å². The van der Waals surface area contributed by atoms with Gasteiger partial charge in [-0.05, 0) is 43.2 Å². The molecule has 0 spiro atoms. The van der Waals surface area contributed by atoms with Crippen LogP contribution in [0.25, 0.3) is 22.3 Å². The normalized spacial score (nSPS) is 10.9. The molecule has 1 aromatic heterocycles. The predicted octanol–water partition coefficient (Wildman–Crippen LogP) is 4.61. The van der Waals surface area contributed by atoms with Crippen molar-refractivity contribution in [3.8, 4) is 11.4 Å². The van der Waals surface area contributed by atoms with E-state index in [1.165, 1.54) is 11.1 Å². The van der Waals surface area contributed by atoms with Gasteiger partial charge in [0.1, 0.15) is 5.82 Å². The zero-order chi connectivity index (χ0) is 15.0. The van der Waals surface area contributed by atoms with Crippen molar-refractivity contribution in [1.29, 1.82) is 0 Å². The maximum atomic E-state index is 6.09. The van der Waals surface area contributed by atoms with Crippen molar-refractivity contribution in [2.75, 3.05) is 12.4 Å². The maximum absolute atomic E-state index is 6.09. The van der Waals surface area contributed by atoms with Gasteiger partial charge in [-0.3, -0.25) is 0 Å². The van der Waals surface area contributed by atoms with E-state index in [9.17, 15) is 0 Å². The van der Waals surface area contributed by atoms with E-state index >= 15 is 0 Å². The number of fused-ring (bicyclic) bond motifs is 1. The van der Waals surface area contributed by atoms with E-state index in [1.807, 2.05) is 31.3 Å². The summed E-state index contributed by atoms with van der Waals surface area (Å²) in [6.07, 6.45) is 0. The SMILES string of the molecule is CNc1nc(-c2c(C)cccc2C)nc2cc(Cl)ccc12. The Kier molecular flexibility index (Phi) is 3.52. The molecule has 0 aliphatic rings. The number of rotatable bonds is 2. The molecule has 0 saturated carbocycles. The fourth-order valence-corrected chi connectivity index (χ4v) is 2.74. The lowest BCUT2D eigenvalue weighted by Gasteiger charge is -2.12. The first-order valence-electron chi connectivity index (χ1n) is 6.82. The second-order valence-electron chi connectivity index (χ2n) is 5.07. The van der Waals surface area contributed by atoms with Gasteiger partial charge in [-0.15, -0.1) is 0 Å². The average Bonchev–Trinajstić information content (AvgIpc) is 2.45. The van der Waals surface area contributed by atoms with Crippen LogP contribution in [0.2, 0.25) is 5.02 Å². The standard InChI is InChI=1S/C17H16ClN3/c1-10-5-4-6-11(2)15(10)17-20-14-9-12(18)7-8-13(14)16(19-3)21-17/h4-9H,1-3H3,(H,19,20,21). The van der Waals surface area contributed by atoms with Crippen LogP contribution in [0.4, 0.5) is 5.82 Å². The third-order valence-electron chi connectivity index (χ3n) is 3.60. The quantitative estimate of drug-likeness (QED) is 0.750. The summed E-state index contributed by atoms with van der Waals surface area (Å²) in [5.74, 6) is 1.54. The fourth-order valence-electron chi connectivity index (χ4n) is 2.57. The molecule has 0 aliphatic carbocycles. The van der Waals surface area contributed by atoms with Crippen LogP contribution in [0, 0.1) is 13.8 Å². The van der Waals surface area contributed by atoms with Gasteiger partial charge >= 0.3 is 0 Å². The second kappa shape index (κ2) is 5.34. The third-order valence-corrected chi connectivity index (χ3v) is 3.84. The molecule has 2 aromatic carbocycles. The highest BCUT2D eigenvalue weighted by molar-refractivity contribution is 6.31. The van der Waals surface area contributed by atoms with Crippen molar-refractivity contribution >= 4 is 28.3 Å². The summed E-state index contributed by atoms with van der Waals surface area (Å²) in [6.45, 7) is 4.15. The Labute approximate surface area is 129 Å². The van der Waals surface area contributed by atoms with Crippen LogP contribution in [-0.2, 0) is 0 Å². The first-order chi connectivity index (χ1) is 10.1. The minimum atomic E-state index is 0.677. The highest BCUT2D eigenvalue weighted by Gasteiger charge is 2.12. The Morgan fingerprint density at radius 3 is 2.38 bits per heavy atom. The van der Waals surface area contributed by atoms with Gasteiger partial charge in [-0.1, -0.05) is 29.8 Å².